The van der Waals surface area contributed by atoms with E-state index >= 15 is 0 Å². The average Bonchev–Trinajstić information content (AvgIpc) is 3.19. The van der Waals surface area contributed by atoms with Crippen LogP contribution in [0.4, 0.5) is 15.2 Å². The van der Waals surface area contributed by atoms with Gasteiger partial charge in [-0.3, -0.25) is 4.72 Å². The number of nitrogens with zero attached hydrogens (tertiary/aromatic N) is 1. The van der Waals surface area contributed by atoms with E-state index in [2.05, 4.69) is 20.3 Å². The Balaban J connectivity index is 1.71. The molecule has 0 spiro atoms. The number of anilines is 2. The van der Waals surface area contributed by atoms with Crippen molar-refractivity contribution in [1.82, 2.24) is 10.3 Å². The first-order valence-corrected chi connectivity index (χ1v) is 12.0. The standard InChI is InChI=1S/C19H19Cl2FN4O2S2/c1-23-14(8-12-3-2-4-13(20)7-12)11-25-17-10-16(22)18(9-15(17)21)30(27,28)26-19-24-5-6-29-19/h2-7,9-10,14,23,25H,8,11H2,1H3,(H,24,26). The molecule has 0 saturated heterocycles. The van der Waals surface area contributed by atoms with E-state index in [4.69, 9.17) is 23.2 Å². The number of benzene rings is 2. The number of hydrogen-bond acceptors (Lipinski definition) is 6. The molecule has 1 aromatic heterocycles. The van der Waals surface area contributed by atoms with Crippen molar-refractivity contribution < 1.29 is 12.8 Å². The molecule has 0 fully saturated rings. The summed E-state index contributed by atoms with van der Waals surface area (Å²) in [6, 6.07) is 9.71. The monoisotopic (exact) mass is 488 g/mol. The van der Waals surface area contributed by atoms with Gasteiger partial charge >= 0.3 is 0 Å². The minimum absolute atomic E-state index is 0.0116. The molecule has 3 N–H and O–H groups in total. The maximum atomic E-state index is 14.6. The summed E-state index contributed by atoms with van der Waals surface area (Å²) in [5.74, 6) is -0.915. The Kier molecular flexibility index (Phi) is 7.54. The molecule has 3 aromatic rings. The van der Waals surface area contributed by atoms with Gasteiger partial charge in [-0.2, -0.15) is 0 Å². The summed E-state index contributed by atoms with van der Waals surface area (Å²) >= 11 is 13.3. The molecule has 11 heteroatoms. The van der Waals surface area contributed by atoms with Crippen molar-refractivity contribution in [3.8, 4) is 0 Å². The zero-order valence-corrected chi connectivity index (χ0v) is 19.0. The number of likely N-dealkylation sites (N-methyl/N-ethyl adjacent to an activating group) is 1. The van der Waals surface area contributed by atoms with Crippen LogP contribution in [0.1, 0.15) is 5.56 Å². The molecule has 0 bridgehead atoms. The van der Waals surface area contributed by atoms with E-state index in [1.54, 1.807) is 11.4 Å². The van der Waals surface area contributed by atoms with Gasteiger partial charge in [-0.1, -0.05) is 35.3 Å². The number of hydrogen-bond donors (Lipinski definition) is 3. The number of nitrogens with one attached hydrogen (secondary N) is 3. The molecule has 0 aliphatic heterocycles. The average molecular weight is 489 g/mol. The Morgan fingerprint density at radius 3 is 2.70 bits per heavy atom. The molecule has 0 radical (unpaired) electrons. The number of sulfonamides is 1. The van der Waals surface area contributed by atoms with Gasteiger partial charge < -0.3 is 10.6 Å². The minimum atomic E-state index is -4.15. The second kappa shape index (κ2) is 9.93. The fourth-order valence-electron chi connectivity index (χ4n) is 2.77. The van der Waals surface area contributed by atoms with Crippen molar-refractivity contribution in [2.45, 2.75) is 17.4 Å². The highest BCUT2D eigenvalue weighted by molar-refractivity contribution is 7.93. The van der Waals surface area contributed by atoms with Crippen LogP contribution in [0, 0.1) is 5.82 Å². The van der Waals surface area contributed by atoms with Gasteiger partial charge in [0.1, 0.15) is 10.7 Å². The van der Waals surface area contributed by atoms with Gasteiger partial charge in [0.15, 0.2) is 5.13 Å². The lowest BCUT2D eigenvalue weighted by atomic mass is 10.1. The second-order valence-electron chi connectivity index (χ2n) is 6.41. The number of thiazole rings is 1. The zero-order valence-electron chi connectivity index (χ0n) is 15.8. The molecule has 0 amide bonds. The van der Waals surface area contributed by atoms with Crippen molar-refractivity contribution in [1.29, 1.82) is 0 Å². The molecule has 6 nitrogen and oxygen atoms in total. The Labute approximate surface area is 188 Å². The molecule has 2 aromatic carbocycles. The van der Waals surface area contributed by atoms with E-state index in [-0.39, 0.29) is 16.2 Å². The molecule has 1 heterocycles. The highest BCUT2D eigenvalue weighted by Crippen LogP contribution is 2.29. The third kappa shape index (κ3) is 5.83. The first kappa shape index (κ1) is 22.8. The molecule has 3 rings (SSSR count). The molecule has 0 saturated carbocycles. The van der Waals surface area contributed by atoms with Crippen molar-refractivity contribution in [2.24, 2.45) is 0 Å². The van der Waals surface area contributed by atoms with Gasteiger partial charge in [0, 0.05) is 29.2 Å². The van der Waals surface area contributed by atoms with Crippen LogP contribution in [-0.2, 0) is 16.4 Å². The predicted molar refractivity (Wildman–Crippen MR) is 121 cm³/mol. The molecular weight excluding hydrogens is 470 g/mol. The van der Waals surface area contributed by atoms with Crippen LogP contribution in [0.5, 0.6) is 0 Å². The summed E-state index contributed by atoms with van der Waals surface area (Å²) < 4.78 is 41.7. The lowest BCUT2D eigenvalue weighted by molar-refractivity contribution is 0.569. The van der Waals surface area contributed by atoms with E-state index in [1.165, 1.54) is 6.20 Å². The van der Waals surface area contributed by atoms with E-state index in [0.29, 0.717) is 23.7 Å². The summed E-state index contributed by atoms with van der Waals surface area (Å²) in [5.41, 5.74) is 1.35. The number of aromatic nitrogens is 1. The van der Waals surface area contributed by atoms with Crippen molar-refractivity contribution >= 4 is 55.4 Å². The van der Waals surface area contributed by atoms with Crippen molar-refractivity contribution in [2.75, 3.05) is 23.6 Å². The molecule has 30 heavy (non-hydrogen) atoms. The van der Waals surface area contributed by atoms with Crippen LogP contribution in [0.3, 0.4) is 0 Å². The van der Waals surface area contributed by atoms with Crippen LogP contribution in [0.25, 0.3) is 0 Å². The van der Waals surface area contributed by atoms with Gasteiger partial charge in [-0.05, 0) is 43.3 Å². The summed E-state index contributed by atoms with van der Waals surface area (Å²) in [7, 11) is -2.33. The fraction of sp³-hybridized carbons (Fsp3) is 0.211. The second-order valence-corrected chi connectivity index (χ2v) is 9.79. The highest BCUT2D eigenvalue weighted by atomic mass is 35.5. The fourth-order valence-corrected chi connectivity index (χ4v) is 5.15. The topological polar surface area (TPSA) is 83.1 Å². The maximum Gasteiger partial charge on any atom is 0.266 e. The lowest BCUT2D eigenvalue weighted by Crippen LogP contribution is -2.34. The first-order valence-electron chi connectivity index (χ1n) is 8.85. The smallest absolute Gasteiger partial charge is 0.266 e. The Morgan fingerprint density at radius 1 is 1.23 bits per heavy atom. The van der Waals surface area contributed by atoms with Gasteiger partial charge in [-0.25, -0.2) is 17.8 Å². The quantitative estimate of drug-likeness (QED) is 0.408. The van der Waals surface area contributed by atoms with Crippen molar-refractivity contribution in [3.05, 3.63) is 69.4 Å². The largest absolute Gasteiger partial charge is 0.382 e. The normalized spacial score (nSPS) is 12.5. The third-order valence-electron chi connectivity index (χ3n) is 4.28. The molecule has 1 unspecified atom stereocenters. The van der Waals surface area contributed by atoms with Gasteiger partial charge in [0.2, 0.25) is 0 Å². The van der Waals surface area contributed by atoms with Gasteiger partial charge in [0.05, 0.1) is 10.7 Å². The third-order valence-corrected chi connectivity index (χ3v) is 7.00. The molecule has 0 aliphatic carbocycles. The Morgan fingerprint density at radius 2 is 2.03 bits per heavy atom. The summed E-state index contributed by atoms with van der Waals surface area (Å²) in [4.78, 5) is 3.30. The van der Waals surface area contributed by atoms with Crippen LogP contribution in [0.2, 0.25) is 10.0 Å². The predicted octanol–water partition coefficient (Wildman–Crippen LogP) is 4.63. The summed E-state index contributed by atoms with van der Waals surface area (Å²) in [6.45, 7) is 0.436. The Hall–Kier alpha value is -1.91. The Bertz CT molecular complexity index is 1110. The van der Waals surface area contributed by atoms with Gasteiger partial charge in [0.25, 0.3) is 10.0 Å². The maximum absolute atomic E-state index is 14.6. The molecule has 1 atom stereocenters. The molecule has 160 valence electrons. The van der Waals surface area contributed by atoms with E-state index in [9.17, 15) is 12.8 Å². The SMILES string of the molecule is CNC(CNc1cc(F)c(S(=O)(=O)Nc2nccs2)cc1Cl)Cc1cccc(Cl)c1. The van der Waals surface area contributed by atoms with Crippen LogP contribution in [-0.4, -0.2) is 33.0 Å². The molecular formula is C19H19Cl2FN4O2S2. The minimum Gasteiger partial charge on any atom is -0.382 e. The van der Waals surface area contributed by atoms with Crippen LogP contribution in [0.15, 0.2) is 52.9 Å². The van der Waals surface area contributed by atoms with E-state index in [1.807, 2.05) is 25.2 Å². The molecule has 0 aliphatic rings. The van der Waals surface area contributed by atoms with E-state index < -0.39 is 20.7 Å². The summed E-state index contributed by atoms with van der Waals surface area (Å²) in [5, 5.41) is 8.75. The number of halogens is 3. The van der Waals surface area contributed by atoms with Crippen molar-refractivity contribution in [3.63, 3.8) is 0 Å². The zero-order chi connectivity index (χ0) is 21.7. The first-order chi connectivity index (χ1) is 14.3. The summed E-state index contributed by atoms with van der Waals surface area (Å²) in [6.07, 6.45) is 2.13. The van der Waals surface area contributed by atoms with Crippen LogP contribution < -0.4 is 15.4 Å². The highest BCUT2D eigenvalue weighted by Gasteiger charge is 2.22. The van der Waals surface area contributed by atoms with Gasteiger partial charge in [-0.15, -0.1) is 11.3 Å². The number of rotatable bonds is 9. The van der Waals surface area contributed by atoms with Crippen LogP contribution >= 0.6 is 34.5 Å². The lowest BCUT2D eigenvalue weighted by Gasteiger charge is -2.19. The van der Waals surface area contributed by atoms with E-state index in [0.717, 1.165) is 29.0 Å².